The summed E-state index contributed by atoms with van der Waals surface area (Å²) in [5.41, 5.74) is 3.41. The Labute approximate surface area is 169 Å². The normalized spacial score (nSPS) is 16.5. The Morgan fingerprint density at radius 3 is 2.79 bits per heavy atom. The van der Waals surface area contributed by atoms with Crippen LogP contribution in [0.15, 0.2) is 60.8 Å². The number of carbonyl (C=O) groups excluding carboxylic acids is 1. The smallest absolute Gasteiger partial charge is 0.253 e. The molecule has 3 aromatic rings. The van der Waals surface area contributed by atoms with E-state index < -0.39 is 5.82 Å². The average Bonchev–Trinajstić information content (AvgIpc) is 2.75. The first kappa shape index (κ1) is 19.1. The second-order valence-corrected chi connectivity index (χ2v) is 7.40. The summed E-state index contributed by atoms with van der Waals surface area (Å²) in [7, 11) is 0. The summed E-state index contributed by atoms with van der Waals surface area (Å²) >= 11 is 0. The van der Waals surface area contributed by atoms with E-state index in [0.29, 0.717) is 24.6 Å². The molecule has 148 valence electrons. The van der Waals surface area contributed by atoms with Gasteiger partial charge in [-0.25, -0.2) is 14.4 Å². The van der Waals surface area contributed by atoms with Gasteiger partial charge >= 0.3 is 0 Å². The van der Waals surface area contributed by atoms with Crippen LogP contribution in [-0.4, -0.2) is 33.9 Å². The monoisotopic (exact) mass is 390 g/mol. The van der Waals surface area contributed by atoms with Gasteiger partial charge in [0, 0.05) is 36.5 Å². The second kappa shape index (κ2) is 8.39. The van der Waals surface area contributed by atoms with Crippen molar-refractivity contribution in [1.29, 1.82) is 0 Å². The van der Waals surface area contributed by atoms with Crippen molar-refractivity contribution in [3.05, 3.63) is 83.4 Å². The number of hydrogen-bond acceptors (Lipinski definition) is 4. The standard InChI is InChI=1S/C23H23FN4O/c1-16-7-9-20(10-8-16)26-23-25-12-11-21(27-23)18-5-3-13-28(15-18)22(29)17-4-2-6-19(24)14-17/h2,4,6-12,14,18H,3,5,13,15H2,1H3,(H,25,26,27)/t18-/m1/s1. The summed E-state index contributed by atoms with van der Waals surface area (Å²) < 4.78 is 13.5. The summed E-state index contributed by atoms with van der Waals surface area (Å²) in [5.74, 6) is 0.135. The number of aryl methyl sites for hydroxylation is 1. The number of aromatic nitrogens is 2. The summed E-state index contributed by atoms with van der Waals surface area (Å²) in [5, 5.41) is 3.23. The highest BCUT2D eigenvalue weighted by Gasteiger charge is 2.26. The molecule has 2 aromatic carbocycles. The minimum atomic E-state index is -0.396. The van der Waals surface area contributed by atoms with Gasteiger partial charge in [-0.1, -0.05) is 23.8 Å². The van der Waals surface area contributed by atoms with Gasteiger partial charge in [0.15, 0.2) is 0 Å². The average molecular weight is 390 g/mol. The molecule has 0 bridgehead atoms. The molecule has 1 aliphatic heterocycles. The highest BCUT2D eigenvalue weighted by Crippen LogP contribution is 2.27. The molecule has 1 saturated heterocycles. The number of nitrogens with one attached hydrogen (secondary N) is 1. The van der Waals surface area contributed by atoms with Crippen molar-refractivity contribution in [1.82, 2.24) is 14.9 Å². The van der Waals surface area contributed by atoms with E-state index in [0.717, 1.165) is 24.2 Å². The Hall–Kier alpha value is -3.28. The van der Waals surface area contributed by atoms with Gasteiger partial charge in [-0.3, -0.25) is 4.79 Å². The highest BCUT2D eigenvalue weighted by atomic mass is 19.1. The van der Waals surface area contributed by atoms with Crippen molar-refractivity contribution in [2.75, 3.05) is 18.4 Å². The number of rotatable bonds is 4. The lowest BCUT2D eigenvalue weighted by molar-refractivity contribution is 0.0705. The van der Waals surface area contributed by atoms with Crippen molar-refractivity contribution in [3.8, 4) is 0 Å². The minimum Gasteiger partial charge on any atom is -0.338 e. The van der Waals surface area contributed by atoms with Crippen LogP contribution in [0.4, 0.5) is 16.0 Å². The maximum atomic E-state index is 13.5. The maximum absolute atomic E-state index is 13.5. The van der Waals surface area contributed by atoms with E-state index in [1.165, 1.54) is 17.7 Å². The molecule has 0 saturated carbocycles. The predicted molar refractivity (Wildman–Crippen MR) is 111 cm³/mol. The van der Waals surface area contributed by atoms with Crippen molar-refractivity contribution >= 4 is 17.5 Å². The lowest BCUT2D eigenvalue weighted by Gasteiger charge is -2.32. The van der Waals surface area contributed by atoms with Gasteiger partial charge in [0.1, 0.15) is 5.82 Å². The molecule has 1 fully saturated rings. The van der Waals surface area contributed by atoms with E-state index in [1.54, 1.807) is 23.2 Å². The molecule has 1 aliphatic rings. The number of piperidine rings is 1. The van der Waals surface area contributed by atoms with Crippen LogP contribution >= 0.6 is 0 Å². The maximum Gasteiger partial charge on any atom is 0.253 e. The van der Waals surface area contributed by atoms with E-state index in [4.69, 9.17) is 0 Å². The van der Waals surface area contributed by atoms with Crippen LogP contribution in [0.1, 0.15) is 40.4 Å². The Bertz CT molecular complexity index is 1010. The van der Waals surface area contributed by atoms with E-state index in [-0.39, 0.29) is 11.8 Å². The van der Waals surface area contributed by atoms with Crippen molar-refractivity contribution in [2.24, 2.45) is 0 Å². The number of benzene rings is 2. The summed E-state index contributed by atoms with van der Waals surface area (Å²) in [6.07, 6.45) is 3.58. The van der Waals surface area contributed by atoms with E-state index in [2.05, 4.69) is 15.3 Å². The Balaban J connectivity index is 1.48. The van der Waals surface area contributed by atoms with Crippen LogP contribution in [0.3, 0.4) is 0 Å². The fourth-order valence-corrected chi connectivity index (χ4v) is 3.63. The van der Waals surface area contributed by atoms with Crippen molar-refractivity contribution in [3.63, 3.8) is 0 Å². The van der Waals surface area contributed by atoms with Gasteiger partial charge in [-0.05, 0) is 56.2 Å². The van der Waals surface area contributed by atoms with Crippen LogP contribution in [0.2, 0.25) is 0 Å². The first-order chi connectivity index (χ1) is 14.1. The number of likely N-dealkylation sites (tertiary alicyclic amines) is 1. The van der Waals surface area contributed by atoms with E-state index in [9.17, 15) is 9.18 Å². The second-order valence-electron chi connectivity index (χ2n) is 7.40. The molecule has 1 amide bonds. The Kier molecular flexibility index (Phi) is 5.51. The fourth-order valence-electron chi connectivity index (χ4n) is 3.63. The number of amides is 1. The SMILES string of the molecule is Cc1ccc(Nc2nccc([C@@H]3CCCN(C(=O)c4cccc(F)c4)C3)n2)cc1. The minimum absolute atomic E-state index is 0.128. The number of hydrogen-bond donors (Lipinski definition) is 1. The van der Waals surface area contributed by atoms with Gasteiger partial charge in [0.05, 0.1) is 5.69 Å². The largest absolute Gasteiger partial charge is 0.338 e. The van der Waals surface area contributed by atoms with Gasteiger partial charge in [-0.15, -0.1) is 0 Å². The molecule has 1 N–H and O–H groups in total. The van der Waals surface area contributed by atoms with Crippen molar-refractivity contribution in [2.45, 2.75) is 25.7 Å². The molecule has 0 aliphatic carbocycles. The van der Waals surface area contributed by atoms with Crippen molar-refractivity contribution < 1.29 is 9.18 Å². The first-order valence-corrected chi connectivity index (χ1v) is 9.80. The Morgan fingerprint density at radius 1 is 1.17 bits per heavy atom. The van der Waals surface area contributed by atoms with E-state index >= 15 is 0 Å². The molecule has 0 unspecified atom stereocenters. The van der Waals surface area contributed by atoms with E-state index in [1.807, 2.05) is 37.3 Å². The molecule has 0 radical (unpaired) electrons. The van der Waals surface area contributed by atoms with Crippen LogP contribution in [0.5, 0.6) is 0 Å². The molecule has 0 spiro atoms. The lowest BCUT2D eigenvalue weighted by Crippen LogP contribution is -2.39. The molecule has 2 heterocycles. The third-order valence-corrected chi connectivity index (χ3v) is 5.18. The molecule has 29 heavy (non-hydrogen) atoms. The van der Waals surface area contributed by atoms with Crippen LogP contribution < -0.4 is 5.32 Å². The van der Waals surface area contributed by atoms with Crippen LogP contribution in [-0.2, 0) is 0 Å². The van der Waals surface area contributed by atoms with Gasteiger partial charge in [-0.2, -0.15) is 0 Å². The first-order valence-electron chi connectivity index (χ1n) is 9.80. The molecule has 1 aromatic heterocycles. The van der Waals surface area contributed by atoms with Crippen LogP contribution in [0, 0.1) is 12.7 Å². The highest BCUT2D eigenvalue weighted by molar-refractivity contribution is 5.94. The molecule has 5 nitrogen and oxygen atoms in total. The fraction of sp³-hybridized carbons (Fsp3) is 0.261. The summed E-state index contributed by atoms with van der Waals surface area (Å²) in [6, 6.07) is 15.8. The quantitative estimate of drug-likeness (QED) is 0.702. The number of carbonyl (C=O) groups is 1. The topological polar surface area (TPSA) is 58.1 Å². The molecular weight excluding hydrogens is 367 g/mol. The number of halogens is 1. The zero-order chi connectivity index (χ0) is 20.2. The lowest BCUT2D eigenvalue weighted by atomic mass is 9.94. The predicted octanol–water partition coefficient (Wildman–Crippen LogP) is 4.69. The molecule has 4 rings (SSSR count). The zero-order valence-electron chi connectivity index (χ0n) is 16.3. The van der Waals surface area contributed by atoms with Gasteiger partial charge in [0.2, 0.25) is 5.95 Å². The summed E-state index contributed by atoms with van der Waals surface area (Å²) in [6.45, 7) is 3.28. The molecular formula is C23H23FN4O. The summed E-state index contributed by atoms with van der Waals surface area (Å²) in [4.78, 5) is 23.6. The third kappa shape index (κ3) is 4.59. The molecule has 1 atom stereocenters. The van der Waals surface area contributed by atoms with Gasteiger partial charge in [0.25, 0.3) is 5.91 Å². The number of nitrogens with zero attached hydrogens (tertiary/aromatic N) is 3. The van der Waals surface area contributed by atoms with Gasteiger partial charge < -0.3 is 10.2 Å². The third-order valence-electron chi connectivity index (χ3n) is 5.18. The number of anilines is 2. The zero-order valence-corrected chi connectivity index (χ0v) is 16.3. The molecule has 6 heteroatoms. The van der Waals surface area contributed by atoms with Crippen LogP contribution in [0.25, 0.3) is 0 Å². The Morgan fingerprint density at radius 2 is 2.00 bits per heavy atom.